The van der Waals surface area contributed by atoms with Crippen LogP contribution in [0, 0.1) is 0 Å². The van der Waals surface area contributed by atoms with Crippen LogP contribution in [0.2, 0.25) is 0 Å². The van der Waals surface area contributed by atoms with Gasteiger partial charge in [0.1, 0.15) is 6.61 Å². The van der Waals surface area contributed by atoms with Gasteiger partial charge >= 0.3 is 6.18 Å². The summed E-state index contributed by atoms with van der Waals surface area (Å²) < 4.78 is 63.4. The van der Waals surface area contributed by atoms with Crippen LogP contribution in [-0.4, -0.2) is 62.1 Å². The van der Waals surface area contributed by atoms with Crippen molar-refractivity contribution in [1.29, 1.82) is 0 Å². The number of alkyl halides is 5. The summed E-state index contributed by atoms with van der Waals surface area (Å²) >= 11 is 0. The first-order chi connectivity index (χ1) is 7.85. The molecule has 0 aromatic rings. The molecule has 0 atom stereocenters. The zero-order chi connectivity index (χ0) is 13.3. The van der Waals surface area contributed by atoms with Crippen LogP contribution in [0.5, 0.6) is 0 Å². The standard InChI is InChI=1S/C9H16F5NO2/c10-8(11)6-15(3-4-16)2-1-5-17-7-9(12,13)14/h8,16H,1-7H2. The molecule has 3 nitrogen and oxygen atoms in total. The molecule has 0 aliphatic carbocycles. The number of nitrogens with zero attached hydrogens (tertiary/aromatic N) is 1. The van der Waals surface area contributed by atoms with Gasteiger partial charge in [0.25, 0.3) is 6.43 Å². The summed E-state index contributed by atoms with van der Waals surface area (Å²) in [5.41, 5.74) is 0. The third-order valence-electron chi connectivity index (χ3n) is 1.84. The normalized spacial score (nSPS) is 12.7. The Balaban J connectivity index is 3.60. The van der Waals surface area contributed by atoms with Crippen molar-refractivity contribution in [2.24, 2.45) is 0 Å². The monoisotopic (exact) mass is 265 g/mol. The first-order valence-corrected chi connectivity index (χ1v) is 5.11. The van der Waals surface area contributed by atoms with Crippen molar-refractivity contribution in [2.75, 3.05) is 39.5 Å². The fraction of sp³-hybridized carbons (Fsp3) is 1.00. The van der Waals surface area contributed by atoms with Gasteiger partial charge in [0.05, 0.1) is 13.2 Å². The lowest BCUT2D eigenvalue weighted by molar-refractivity contribution is -0.174. The highest BCUT2D eigenvalue weighted by molar-refractivity contribution is 4.58. The van der Waals surface area contributed by atoms with Crippen molar-refractivity contribution in [3.63, 3.8) is 0 Å². The van der Waals surface area contributed by atoms with Gasteiger partial charge in [-0.15, -0.1) is 0 Å². The average Bonchev–Trinajstić information content (AvgIpc) is 2.14. The molecule has 0 spiro atoms. The van der Waals surface area contributed by atoms with E-state index in [0.717, 1.165) is 0 Å². The van der Waals surface area contributed by atoms with E-state index < -0.39 is 25.8 Å². The lowest BCUT2D eigenvalue weighted by atomic mass is 10.4. The summed E-state index contributed by atoms with van der Waals surface area (Å²) in [7, 11) is 0. The van der Waals surface area contributed by atoms with Crippen LogP contribution in [0.15, 0.2) is 0 Å². The maximum atomic E-state index is 12.0. The van der Waals surface area contributed by atoms with E-state index in [4.69, 9.17) is 5.11 Å². The second-order valence-corrected chi connectivity index (χ2v) is 3.44. The van der Waals surface area contributed by atoms with E-state index in [0.29, 0.717) is 0 Å². The molecule has 0 aliphatic heterocycles. The molecule has 0 bridgehead atoms. The Morgan fingerprint density at radius 2 is 1.82 bits per heavy atom. The minimum Gasteiger partial charge on any atom is -0.395 e. The molecular formula is C9H16F5NO2. The van der Waals surface area contributed by atoms with Gasteiger partial charge in [-0.3, -0.25) is 4.90 Å². The van der Waals surface area contributed by atoms with Crippen molar-refractivity contribution in [3.05, 3.63) is 0 Å². The maximum absolute atomic E-state index is 12.0. The Bertz CT molecular complexity index is 189. The van der Waals surface area contributed by atoms with Crippen molar-refractivity contribution in [3.8, 4) is 0 Å². The van der Waals surface area contributed by atoms with Gasteiger partial charge in [0.15, 0.2) is 0 Å². The Morgan fingerprint density at radius 3 is 2.29 bits per heavy atom. The number of hydrogen-bond donors (Lipinski definition) is 1. The van der Waals surface area contributed by atoms with Gasteiger partial charge in [0.2, 0.25) is 0 Å². The van der Waals surface area contributed by atoms with Crippen LogP contribution in [-0.2, 0) is 4.74 Å². The Kier molecular flexibility index (Phi) is 8.36. The van der Waals surface area contributed by atoms with Crippen molar-refractivity contribution < 1.29 is 31.8 Å². The second-order valence-electron chi connectivity index (χ2n) is 3.44. The van der Waals surface area contributed by atoms with Gasteiger partial charge in [-0.1, -0.05) is 0 Å². The predicted octanol–water partition coefficient (Wildman–Crippen LogP) is 1.51. The van der Waals surface area contributed by atoms with Crippen molar-refractivity contribution in [2.45, 2.75) is 19.0 Å². The molecule has 17 heavy (non-hydrogen) atoms. The summed E-state index contributed by atoms with van der Waals surface area (Å²) in [5, 5.41) is 8.59. The number of aliphatic hydroxyl groups excluding tert-OH is 1. The molecule has 0 radical (unpaired) electrons. The molecule has 0 saturated carbocycles. The topological polar surface area (TPSA) is 32.7 Å². The largest absolute Gasteiger partial charge is 0.411 e. The molecule has 0 heterocycles. The van der Waals surface area contributed by atoms with Crippen LogP contribution >= 0.6 is 0 Å². The fourth-order valence-corrected chi connectivity index (χ4v) is 1.21. The zero-order valence-corrected chi connectivity index (χ0v) is 9.22. The number of aliphatic hydroxyl groups is 1. The van der Waals surface area contributed by atoms with E-state index in [1.165, 1.54) is 4.90 Å². The van der Waals surface area contributed by atoms with Gasteiger partial charge < -0.3 is 9.84 Å². The molecule has 0 aromatic carbocycles. The van der Waals surface area contributed by atoms with Gasteiger partial charge in [-0.05, 0) is 6.42 Å². The molecule has 0 aliphatic rings. The van der Waals surface area contributed by atoms with Crippen LogP contribution in [0.25, 0.3) is 0 Å². The van der Waals surface area contributed by atoms with E-state index in [1.54, 1.807) is 0 Å². The number of halogens is 5. The highest BCUT2D eigenvalue weighted by Gasteiger charge is 2.27. The zero-order valence-electron chi connectivity index (χ0n) is 9.22. The molecule has 0 aromatic heterocycles. The maximum Gasteiger partial charge on any atom is 0.411 e. The molecule has 0 rings (SSSR count). The quantitative estimate of drug-likeness (QED) is 0.507. The molecule has 0 saturated heterocycles. The molecular weight excluding hydrogens is 249 g/mol. The first-order valence-electron chi connectivity index (χ1n) is 5.11. The van der Waals surface area contributed by atoms with Gasteiger partial charge in [-0.25, -0.2) is 8.78 Å². The van der Waals surface area contributed by atoms with Gasteiger partial charge in [-0.2, -0.15) is 13.2 Å². The Morgan fingerprint density at radius 1 is 1.18 bits per heavy atom. The number of rotatable bonds is 9. The summed E-state index contributed by atoms with van der Waals surface area (Å²) in [6, 6.07) is 0. The molecule has 8 heteroatoms. The SMILES string of the molecule is OCCN(CCCOCC(F)(F)F)CC(F)F. The van der Waals surface area contributed by atoms with Crippen LogP contribution in [0.3, 0.4) is 0 Å². The highest BCUT2D eigenvalue weighted by Crippen LogP contribution is 2.14. The van der Waals surface area contributed by atoms with E-state index in [9.17, 15) is 22.0 Å². The fourth-order valence-electron chi connectivity index (χ4n) is 1.21. The van der Waals surface area contributed by atoms with Crippen LogP contribution in [0.4, 0.5) is 22.0 Å². The van der Waals surface area contributed by atoms with E-state index >= 15 is 0 Å². The summed E-state index contributed by atoms with van der Waals surface area (Å²) in [6.07, 6.45) is -6.69. The predicted molar refractivity (Wildman–Crippen MR) is 51.0 cm³/mol. The minimum atomic E-state index is -4.37. The lowest BCUT2D eigenvalue weighted by Gasteiger charge is -2.20. The Hall–Kier alpha value is -0.470. The lowest BCUT2D eigenvalue weighted by Crippen LogP contribution is -2.33. The molecule has 104 valence electrons. The van der Waals surface area contributed by atoms with E-state index in [2.05, 4.69) is 4.74 Å². The number of hydrogen-bond acceptors (Lipinski definition) is 3. The van der Waals surface area contributed by atoms with Crippen LogP contribution in [0.1, 0.15) is 6.42 Å². The van der Waals surface area contributed by atoms with E-state index in [1.807, 2.05) is 0 Å². The van der Waals surface area contributed by atoms with E-state index in [-0.39, 0.29) is 32.7 Å². The smallest absolute Gasteiger partial charge is 0.395 e. The summed E-state index contributed by atoms with van der Waals surface area (Å²) in [6.45, 7) is -2.01. The second kappa shape index (κ2) is 8.60. The minimum absolute atomic E-state index is 0.0730. The first kappa shape index (κ1) is 16.5. The number of ether oxygens (including phenoxy) is 1. The molecule has 1 N–H and O–H groups in total. The summed E-state index contributed by atoms with van der Waals surface area (Å²) in [5.74, 6) is 0. The third-order valence-corrected chi connectivity index (χ3v) is 1.84. The van der Waals surface area contributed by atoms with Crippen molar-refractivity contribution >= 4 is 0 Å². The highest BCUT2D eigenvalue weighted by atomic mass is 19.4. The van der Waals surface area contributed by atoms with Gasteiger partial charge in [0, 0.05) is 19.7 Å². The Labute approximate surface area is 96.2 Å². The molecule has 0 unspecified atom stereocenters. The van der Waals surface area contributed by atoms with Crippen LogP contribution < -0.4 is 0 Å². The molecule has 0 amide bonds. The average molecular weight is 265 g/mol. The third kappa shape index (κ3) is 11.8. The molecule has 0 fully saturated rings. The summed E-state index contributed by atoms with van der Waals surface area (Å²) in [4.78, 5) is 1.28. The van der Waals surface area contributed by atoms with Crippen molar-refractivity contribution in [1.82, 2.24) is 4.90 Å².